The predicted molar refractivity (Wildman–Crippen MR) is 114 cm³/mol. The third kappa shape index (κ3) is 3.48. The van der Waals surface area contributed by atoms with Crippen LogP contribution in [0.5, 0.6) is 0 Å². The molecule has 1 heterocycles. The first kappa shape index (κ1) is 19.1. The van der Waals surface area contributed by atoms with Crippen LogP contribution in [0.1, 0.15) is 11.1 Å². The summed E-state index contributed by atoms with van der Waals surface area (Å²) in [5, 5.41) is 5.69. The number of sulfonamides is 1. The molecule has 29 heavy (non-hydrogen) atoms. The minimum absolute atomic E-state index is 0.00236. The minimum Gasteiger partial charge on any atom is -0.455 e. The molecular weight excluding hydrogens is 386 g/mol. The number of hydrogen-bond acceptors (Lipinski definition) is 4. The fourth-order valence-electron chi connectivity index (χ4n) is 3.48. The molecule has 5 nitrogen and oxygen atoms in total. The van der Waals surface area contributed by atoms with Gasteiger partial charge in [-0.05, 0) is 61.4 Å². The Hall–Kier alpha value is -3.22. The van der Waals surface area contributed by atoms with Crippen molar-refractivity contribution < 1.29 is 12.8 Å². The summed E-state index contributed by atoms with van der Waals surface area (Å²) in [6.07, 6.45) is 0. The van der Waals surface area contributed by atoms with Crippen LogP contribution in [0, 0.1) is 13.8 Å². The van der Waals surface area contributed by atoms with E-state index in [1.54, 1.807) is 36.4 Å². The Morgan fingerprint density at radius 2 is 1.59 bits per heavy atom. The molecule has 2 N–H and O–H groups in total. The summed E-state index contributed by atoms with van der Waals surface area (Å²) in [7, 11) is -3.81. The number of benzene rings is 3. The normalized spacial score (nSPS) is 11.7. The summed E-state index contributed by atoms with van der Waals surface area (Å²) in [6.45, 7) is 3.94. The Morgan fingerprint density at radius 3 is 2.24 bits per heavy atom. The fourth-order valence-corrected chi connectivity index (χ4v) is 4.00. The zero-order valence-corrected chi connectivity index (χ0v) is 16.8. The molecular formula is C23H19NO4S. The molecule has 0 saturated heterocycles. The average molecular weight is 405 g/mol. The van der Waals surface area contributed by atoms with Crippen molar-refractivity contribution in [3.63, 3.8) is 0 Å². The van der Waals surface area contributed by atoms with Gasteiger partial charge in [0.2, 0.25) is 15.5 Å². The lowest BCUT2D eigenvalue weighted by atomic mass is 9.94. The molecule has 4 aromatic rings. The zero-order chi connectivity index (χ0) is 20.8. The fraction of sp³-hybridized carbons (Fsp3) is 0.0870. The number of hydrogen-bond donors (Lipinski definition) is 1. The summed E-state index contributed by atoms with van der Waals surface area (Å²) < 4.78 is 29.3. The van der Waals surface area contributed by atoms with Crippen molar-refractivity contribution in [1.29, 1.82) is 0 Å². The number of rotatable bonds is 3. The summed E-state index contributed by atoms with van der Waals surface area (Å²) in [5.74, 6) is 0.390. The van der Waals surface area contributed by atoms with Gasteiger partial charge in [0.05, 0.1) is 15.8 Å². The first-order valence-corrected chi connectivity index (χ1v) is 10.6. The first-order chi connectivity index (χ1) is 13.8. The van der Waals surface area contributed by atoms with Crippen molar-refractivity contribution in [2.24, 2.45) is 5.14 Å². The van der Waals surface area contributed by atoms with Gasteiger partial charge in [0.15, 0.2) is 0 Å². The molecule has 0 aliphatic heterocycles. The van der Waals surface area contributed by atoms with Crippen LogP contribution in [0.2, 0.25) is 0 Å². The van der Waals surface area contributed by atoms with Gasteiger partial charge < -0.3 is 4.42 Å². The van der Waals surface area contributed by atoms with Gasteiger partial charge in [0, 0.05) is 5.56 Å². The predicted octanol–water partition coefficient (Wildman–Crippen LogP) is 4.39. The molecule has 4 rings (SSSR count). The minimum atomic E-state index is -3.81. The maximum atomic E-state index is 13.4. The van der Waals surface area contributed by atoms with Gasteiger partial charge in [-0.1, -0.05) is 35.9 Å². The van der Waals surface area contributed by atoms with Gasteiger partial charge in [-0.15, -0.1) is 0 Å². The van der Waals surface area contributed by atoms with E-state index in [0.717, 1.165) is 16.7 Å². The summed E-state index contributed by atoms with van der Waals surface area (Å²) >= 11 is 0. The van der Waals surface area contributed by atoms with E-state index in [1.165, 1.54) is 12.1 Å². The van der Waals surface area contributed by atoms with Crippen molar-refractivity contribution in [1.82, 2.24) is 0 Å². The van der Waals surface area contributed by atoms with Crippen molar-refractivity contribution in [2.75, 3.05) is 0 Å². The van der Waals surface area contributed by atoms with Crippen LogP contribution in [-0.4, -0.2) is 8.42 Å². The highest BCUT2D eigenvalue weighted by molar-refractivity contribution is 7.89. The molecule has 0 radical (unpaired) electrons. The summed E-state index contributed by atoms with van der Waals surface area (Å²) in [5.41, 5.74) is 4.20. The molecule has 0 atom stereocenters. The molecule has 0 bridgehead atoms. The Balaban J connectivity index is 2.06. The maximum absolute atomic E-state index is 13.4. The quantitative estimate of drug-likeness (QED) is 0.547. The van der Waals surface area contributed by atoms with E-state index < -0.39 is 10.0 Å². The molecule has 3 aromatic carbocycles. The van der Waals surface area contributed by atoms with Crippen molar-refractivity contribution in [3.05, 3.63) is 88.1 Å². The van der Waals surface area contributed by atoms with Crippen LogP contribution in [0.4, 0.5) is 0 Å². The van der Waals surface area contributed by atoms with Crippen LogP contribution in [0.3, 0.4) is 0 Å². The average Bonchev–Trinajstić information content (AvgIpc) is 2.68. The smallest absolute Gasteiger partial charge is 0.238 e. The van der Waals surface area contributed by atoms with Crippen molar-refractivity contribution in [2.45, 2.75) is 18.7 Å². The lowest BCUT2D eigenvalue weighted by molar-refractivity contribution is 0.597. The van der Waals surface area contributed by atoms with E-state index >= 15 is 0 Å². The van der Waals surface area contributed by atoms with Crippen molar-refractivity contribution >= 4 is 21.0 Å². The highest BCUT2D eigenvalue weighted by Gasteiger charge is 2.19. The Morgan fingerprint density at radius 1 is 0.897 bits per heavy atom. The molecule has 146 valence electrons. The Bertz CT molecular complexity index is 1400. The third-order valence-electron chi connectivity index (χ3n) is 4.89. The SMILES string of the molecule is Cc1ccc(-c2c(-c3ccc(S(N)(=O)=O)cc3)oc3ccccc3c2=O)c(C)c1. The van der Waals surface area contributed by atoms with Gasteiger partial charge >= 0.3 is 0 Å². The molecule has 0 spiro atoms. The van der Waals surface area contributed by atoms with E-state index in [0.29, 0.717) is 27.9 Å². The second kappa shape index (κ2) is 6.99. The summed E-state index contributed by atoms with van der Waals surface area (Å²) in [4.78, 5) is 13.4. The molecule has 0 fully saturated rings. The highest BCUT2D eigenvalue weighted by Crippen LogP contribution is 2.34. The van der Waals surface area contributed by atoms with E-state index in [4.69, 9.17) is 9.56 Å². The highest BCUT2D eigenvalue weighted by atomic mass is 32.2. The van der Waals surface area contributed by atoms with Crippen LogP contribution < -0.4 is 10.6 Å². The van der Waals surface area contributed by atoms with Gasteiger partial charge in [0.1, 0.15) is 11.3 Å². The second-order valence-corrected chi connectivity index (χ2v) is 8.58. The first-order valence-electron chi connectivity index (χ1n) is 9.02. The monoisotopic (exact) mass is 405 g/mol. The van der Waals surface area contributed by atoms with Crippen LogP contribution in [-0.2, 0) is 10.0 Å². The number of fused-ring (bicyclic) bond motifs is 1. The second-order valence-electron chi connectivity index (χ2n) is 7.02. The number of nitrogens with two attached hydrogens (primary N) is 1. The zero-order valence-electron chi connectivity index (χ0n) is 16.0. The molecule has 6 heteroatoms. The van der Waals surface area contributed by atoms with Crippen LogP contribution in [0.25, 0.3) is 33.4 Å². The van der Waals surface area contributed by atoms with Gasteiger partial charge in [-0.3, -0.25) is 4.79 Å². The van der Waals surface area contributed by atoms with Crippen LogP contribution >= 0.6 is 0 Å². The van der Waals surface area contributed by atoms with Gasteiger partial charge in [-0.25, -0.2) is 13.6 Å². The molecule has 1 aromatic heterocycles. The number of aryl methyl sites for hydroxylation is 2. The van der Waals surface area contributed by atoms with E-state index in [-0.39, 0.29) is 10.3 Å². The molecule has 0 aliphatic carbocycles. The van der Waals surface area contributed by atoms with E-state index in [9.17, 15) is 13.2 Å². The third-order valence-corrected chi connectivity index (χ3v) is 5.82. The molecule has 0 unspecified atom stereocenters. The summed E-state index contributed by atoms with van der Waals surface area (Å²) in [6, 6.07) is 19.0. The van der Waals surface area contributed by atoms with E-state index in [2.05, 4.69) is 0 Å². The molecule has 0 aliphatic rings. The van der Waals surface area contributed by atoms with Gasteiger partial charge in [0.25, 0.3) is 0 Å². The standard InChI is InChI=1S/C23H19NO4S/c1-14-7-12-18(15(2)13-14)21-22(25)19-5-3-4-6-20(19)28-23(21)16-8-10-17(11-9-16)29(24,26)27/h3-13H,1-2H3,(H2,24,26,27). The van der Waals surface area contributed by atoms with E-state index in [1.807, 2.05) is 32.0 Å². The lowest BCUT2D eigenvalue weighted by Gasteiger charge is -2.13. The molecule has 0 amide bonds. The Kier molecular flexibility index (Phi) is 4.61. The van der Waals surface area contributed by atoms with Gasteiger partial charge in [-0.2, -0.15) is 0 Å². The number of primary sulfonamides is 1. The maximum Gasteiger partial charge on any atom is 0.238 e. The molecule has 0 saturated carbocycles. The van der Waals surface area contributed by atoms with Crippen LogP contribution in [0.15, 0.2) is 80.8 Å². The lowest BCUT2D eigenvalue weighted by Crippen LogP contribution is -2.12. The Labute approximate surface area is 168 Å². The van der Waals surface area contributed by atoms with Crippen molar-refractivity contribution in [3.8, 4) is 22.5 Å². The number of para-hydroxylation sites is 1. The topological polar surface area (TPSA) is 90.4 Å². The largest absolute Gasteiger partial charge is 0.455 e.